The first-order valence-electron chi connectivity index (χ1n) is 8.64. The number of imidazole rings is 1. The average Bonchev–Trinajstić information content (AvgIpc) is 3.28. The molecule has 4 heterocycles. The smallest absolute Gasteiger partial charge is 0.316 e. The highest BCUT2D eigenvalue weighted by Gasteiger charge is 2.38. The number of aliphatic hydroxyl groups excluding tert-OH is 1. The van der Waals surface area contributed by atoms with Gasteiger partial charge in [-0.3, -0.25) is 4.90 Å². The van der Waals surface area contributed by atoms with Crippen molar-refractivity contribution in [3.05, 3.63) is 24.8 Å². The van der Waals surface area contributed by atoms with Crippen molar-refractivity contribution in [1.82, 2.24) is 24.4 Å². The van der Waals surface area contributed by atoms with Crippen molar-refractivity contribution in [3.8, 4) is 17.4 Å². The summed E-state index contributed by atoms with van der Waals surface area (Å²) in [6.07, 6.45) is 9.20. The van der Waals surface area contributed by atoms with Crippen molar-refractivity contribution in [3.63, 3.8) is 0 Å². The van der Waals surface area contributed by atoms with Crippen LogP contribution in [0.3, 0.4) is 0 Å². The van der Waals surface area contributed by atoms with Crippen LogP contribution in [0.5, 0.6) is 6.01 Å². The first-order chi connectivity index (χ1) is 12.3. The summed E-state index contributed by atoms with van der Waals surface area (Å²) in [5.41, 5.74) is 0.880. The summed E-state index contributed by atoms with van der Waals surface area (Å²) in [5.74, 6) is 0.875. The highest BCUT2D eigenvalue weighted by Crippen LogP contribution is 2.33. The van der Waals surface area contributed by atoms with Crippen molar-refractivity contribution in [2.45, 2.75) is 31.0 Å². The molecule has 4 rings (SSSR count). The van der Waals surface area contributed by atoms with E-state index in [4.69, 9.17) is 14.6 Å². The standard InChI is InChI=1S/C17H23N5O3/c1-24-17-19-7-12(8-20-17)16-18-3-4-22(16)13-6-14-11-25-15(2-5-23)10-21(14)9-13/h3-4,7-8,13-15,23H,2,5-6,9-11H2,1H3/t13-,14-,15-/m0/s1. The number of hydrogen-bond donors (Lipinski definition) is 1. The molecule has 0 unspecified atom stereocenters. The topological polar surface area (TPSA) is 85.5 Å². The minimum Gasteiger partial charge on any atom is -0.467 e. The van der Waals surface area contributed by atoms with Gasteiger partial charge in [-0.25, -0.2) is 15.0 Å². The van der Waals surface area contributed by atoms with Gasteiger partial charge >= 0.3 is 6.01 Å². The molecule has 0 amide bonds. The highest BCUT2D eigenvalue weighted by molar-refractivity contribution is 5.53. The number of aliphatic hydroxyl groups is 1. The van der Waals surface area contributed by atoms with Crippen LogP contribution in [0, 0.1) is 0 Å². The Bertz CT molecular complexity index is 705. The van der Waals surface area contributed by atoms with Gasteiger partial charge in [-0.2, -0.15) is 0 Å². The first-order valence-corrected chi connectivity index (χ1v) is 8.64. The Morgan fingerprint density at radius 3 is 2.84 bits per heavy atom. The van der Waals surface area contributed by atoms with E-state index >= 15 is 0 Å². The quantitative estimate of drug-likeness (QED) is 0.855. The molecular formula is C17H23N5O3. The molecule has 2 aromatic heterocycles. The predicted molar refractivity (Wildman–Crippen MR) is 90.3 cm³/mol. The van der Waals surface area contributed by atoms with Crippen molar-refractivity contribution in [2.75, 3.05) is 33.4 Å². The van der Waals surface area contributed by atoms with E-state index in [1.165, 1.54) is 0 Å². The molecule has 0 aromatic carbocycles. The molecule has 0 aliphatic carbocycles. The van der Waals surface area contributed by atoms with E-state index in [9.17, 15) is 0 Å². The maximum atomic E-state index is 9.13. The lowest BCUT2D eigenvalue weighted by Crippen LogP contribution is -2.46. The molecule has 0 spiro atoms. The van der Waals surface area contributed by atoms with E-state index < -0.39 is 0 Å². The second kappa shape index (κ2) is 7.07. The van der Waals surface area contributed by atoms with Crippen molar-refractivity contribution >= 4 is 0 Å². The Kier molecular flexibility index (Phi) is 4.65. The molecule has 1 N–H and O–H groups in total. The van der Waals surface area contributed by atoms with Gasteiger partial charge in [0, 0.05) is 56.6 Å². The number of rotatable bonds is 5. The summed E-state index contributed by atoms with van der Waals surface area (Å²) in [7, 11) is 1.55. The van der Waals surface area contributed by atoms with Crippen LogP contribution in [0.25, 0.3) is 11.4 Å². The molecule has 134 valence electrons. The summed E-state index contributed by atoms with van der Waals surface area (Å²) >= 11 is 0. The van der Waals surface area contributed by atoms with Crippen LogP contribution in [0.1, 0.15) is 18.9 Å². The van der Waals surface area contributed by atoms with Crippen molar-refractivity contribution in [1.29, 1.82) is 0 Å². The van der Waals surface area contributed by atoms with Crippen LogP contribution >= 0.6 is 0 Å². The van der Waals surface area contributed by atoms with Gasteiger partial charge in [-0.15, -0.1) is 0 Å². The Morgan fingerprint density at radius 1 is 1.24 bits per heavy atom. The molecule has 2 saturated heterocycles. The van der Waals surface area contributed by atoms with Crippen LogP contribution in [0.4, 0.5) is 0 Å². The minimum atomic E-state index is 0.136. The summed E-state index contributed by atoms with van der Waals surface area (Å²) in [6.45, 7) is 2.76. The van der Waals surface area contributed by atoms with E-state index in [1.54, 1.807) is 19.5 Å². The second-order valence-electron chi connectivity index (χ2n) is 6.58. The number of fused-ring (bicyclic) bond motifs is 1. The van der Waals surface area contributed by atoms with E-state index in [1.807, 2.05) is 12.4 Å². The fourth-order valence-electron chi connectivity index (χ4n) is 3.80. The number of aromatic nitrogens is 4. The van der Waals surface area contributed by atoms with Gasteiger partial charge in [-0.1, -0.05) is 0 Å². The van der Waals surface area contributed by atoms with Gasteiger partial charge in [0.2, 0.25) is 0 Å². The zero-order valence-electron chi connectivity index (χ0n) is 14.3. The van der Waals surface area contributed by atoms with Crippen molar-refractivity contribution in [2.24, 2.45) is 0 Å². The maximum absolute atomic E-state index is 9.13. The molecule has 2 fully saturated rings. The second-order valence-corrected chi connectivity index (χ2v) is 6.58. The zero-order chi connectivity index (χ0) is 17.2. The van der Waals surface area contributed by atoms with E-state index in [0.717, 1.165) is 37.5 Å². The predicted octanol–water partition coefficient (Wildman–Crippen LogP) is 0.745. The van der Waals surface area contributed by atoms with Crippen LogP contribution in [0.15, 0.2) is 24.8 Å². The third-order valence-corrected chi connectivity index (χ3v) is 5.05. The Morgan fingerprint density at radius 2 is 2.08 bits per heavy atom. The molecule has 25 heavy (non-hydrogen) atoms. The molecule has 2 aliphatic heterocycles. The van der Waals surface area contributed by atoms with Crippen LogP contribution in [-0.2, 0) is 4.74 Å². The Hall–Kier alpha value is -2.03. The molecule has 8 heteroatoms. The average molecular weight is 345 g/mol. The van der Waals surface area contributed by atoms with Crippen LogP contribution in [-0.4, -0.2) is 75.1 Å². The van der Waals surface area contributed by atoms with Crippen LogP contribution < -0.4 is 4.74 Å². The van der Waals surface area contributed by atoms with Gasteiger partial charge in [0.1, 0.15) is 5.82 Å². The Balaban J connectivity index is 1.51. The number of hydrogen-bond acceptors (Lipinski definition) is 7. The number of morpholine rings is 1. The van der Waals surface area contributed by atoms with E-state index in [2.05, 4.69) is 24.4 Å². The maximum Gasteiger partial charge on any atom is 0.316 e. The van der Waals surface area contributed by atoms with Crippen molar-refractivity contribution < 1.29 is 14.6 Å². The lowest BCUT2D eigenvalue weighted by Gasteiger charge is -2.34. The van der Waals surface area contributed by atoms with E-state index in [0.29, 0.717) is 24.5 Å². The Labute approximate surface area is 146 Å². The van der Waals surface area contributed by atoms with Gasteiger partial charge in [0.25, 0.3) is 0 Å². The summed E-state index contributed by atoms with van der Waals surface area (Å²) < 4.78 is 13.1. The van der Waals surface area contributed by atoms with Crippen LogP contribution in [0.2, 0.25) is 0 Å². The number of methoxy groups -OCH3 is 1. The summed E-state index contributed by atoms with van der Waals surface area (Å²) in [4.78, 5) is 15.3. The van der Waals surface area contributed by atoms with Gasteiger partial charge in [-0.05, 0) is 12.8 Å². The molecule has 0 bridgehead atoms. The third kappa shape index (κ3) is 3.24. The summed E-state index contributed by atoms with van der Waals surface area (Å²) in [6, 6.07) is 1.13. The molecule has 2 aliphatic rings. The lowest BCUT2D eigenvalue weighted by molar-refractivity contribution is -0.0567. The largest absolute Gasteiger partial charge is 0.467 e. The molecule has 0 radical (unpaired) electrons. The number of ether oxygens (including phenoxy) is 2. The zero-order valence-corrected chi connectivity index (χ0v) is 14.3. The van der Waals surface area contributed by atoms with Gasteiger partial charge in [0.05, 0.1) is 25.4 Å². The molecular weight excluding hydrogens is 322 g/mol. The number of nitrogens with zero attached hydrogens (tertiary/aromatic N) is 5. The summed E-state index contributed by atoms with van der Waals surface area (Å²) in [5, 5.41) is 9.13. The van der Waals surface area contributed by atoms with Gasteiger partial charge < -0.3 is 19.1 Å². The first kappa shape index (κ1) is 16.4. The van der Waals surface area contributed by atoms with E-state index in [-0.39, 0.29) is 12.7 Å². The lowest BCUT2D eigenvalue weighted by atomic mass is 10.1. The fraction of sp³-hybridized carbons (Fsp3) is 0.588. The molecule has 8 nitrogen and oxygen atoms in total. The fourth-order valence-corrected chi connectivity index (χ4v) is 3.80. The van der Waals surface area contributed by atoms with Gasteiger partial charge in [0.15, 0.2) is 0 Å². The molecule has 0 saturated carbocycles. The molecule has 2 aromatic rings. The highest BCUT2D eigenvalue weighted by atomic mass is 16.5. The SMILES string of the molecule is COc1ncc(-c2nccn2[C@H]2C[C@H]3CO[C@@H](CCO)CN3C2)cn1. The minimum absolute atomic E-state index is 0.136. The normalized spacial score (nSPS) is 26.6. The monoisotopic (exact) mass is 345 g/mol. The molecule has 3 atom stereocenters. The third-order valence-electron chi connectivity index (χ3n) is 5.05.